The number of nitro groups is 1. The Hall–Kier alpha value is -2.09. The van der Waals surface area contributed by atoms with Crippen LogP contribution in [-0.4, -0.2) is 11.0 Å². The van der Waals surface area contributed by atoms with E-state index in [1.54, 1.807) is 6.07 Å². The minimum Gasteiger partial charge on any atom is -0.382 e. The molecule has 1 atom stereocenters. The highest BCUT2D eigenvalue weighted by molar-refractivity contribution is 5.58. The van der Waals surface area contributed by atoms with Crippen LogP contribution in [0.3, 0.4) is 0 Å². The number of nitriles is 1. The van der Waals surface area contributed by atoms with Crippen molar-refractivity contribution in [2.45, 2.75) is 39.7 Å². The van der Waals surface area contributed by atoms with Gasteiger partial charge in [-0.2, -0.15) is 5.26 Å². The summed E-state index contributed by atoms with van der Waals surface area (Å²) in [5.74, 6) is 0.542. The third-order valence-electron chi connectivity index (χ3n) is 3.46. The van der Waals surface area contributed by atoms with Gasteiger partial charge in [0.15, 0.2) is 0 Å². The molecule has 5 heteroatoms. The number of benzene rings is 1. The first-order chi connectivity index (χ1) is 9.03. The molecule has 0 fully saturated rings. The normalized spacial score (nSPS) is 11.9. The first-order valence-corrected chi connectivity index (χ1v) is 6.48. The number of hydrogen-bond donors (Lipinski definition) is 1. The zero-order chi connectivity index (χ0) is 14.4. The van der Waals surface area contributed by atoms with Crippen LogP contribution in [0.4, 0.5) is 11.4 Å². The molecule has 1 rings (SSSR count). The molecular weight excluding hydrogens is 242 g/mol. The smallest absolute Gasteiger partial charge is 0.287 e. The second-order valence-corrected chi connectivity index (χ2v) is 4.61. The van der Waals surface area contributed by atoms with Gasteiger partial charge in [0, 0.05) is 17.8 Å². The van der Waals surface area contributed by atoms with E-state index in [1.165, 1.54) is 12.1 Å². The van der Waals surface area contributed by atoms with Gasteiger partial charge in [-0.1, -0.05) is 26.7 Å². The van der Waals surface area contributed by atoms with Crippen LogP contribution in [0.15, 0.2) is 18.2 Å². The van der Waals surface area contributed by atoms with Crippen LogP contribution in [0, 0.1) is 27.4 Å². The molecule has 0 aromatic heterocycles. The van der Waals surface area contributed by atoms with Gasteiger partial charge in [-0.05, 0) is 25.0 Å². The van der Waals surface area contributed by atoms with Crippen molar-refractivity contribution in [3.05, 3.63) is 33.9 Å². The summed E-state index contributed by atoms with van der Waals surface area (Å²) >= 11 is 0. The maximum atomic E-state index is 10.7. The number of rotatable bonds is 6. The van der Waals surface area contributed by atoms with Crippen molar-refractivity contribution in [1.29, 1.82) is 5.26 Å². The summed E-state index contributed by atoms with van der Waals surface area (Å²) < 4.78 is 0. The van der Waals surface area contributed by atoms with E-state index in [1.807, 2.05) is 6.07 Å². The highest BCUT2D eigenvalue weighted by Gasteiger charge is 2.16. The molecule has 0 bridgehead atoms. The van der Waals surface area contributed by atoms with Crippen molar-refractivity contribution in [2.75, 3.05) is 5.32 Å². The monoisotopic (exact) mass is 261 g/mol. The van der Waals surface area contributed by atoms with Gasteiger partial charge in [-0.3, -0.25) is 10.1 Å². The molecule has 0 aliphatic heterocycles. The predicted octanol–water partition coefficient (Wildman–Crippen LogP) is 3.70. The fraction of sp³-hybridized carbons (Fsp3) is 0.500. The molecule has 1 aromatic rings. The highest BCUT2D eigenvalue weighted by atomic mass is 16.6. The maximum absolute atomic E-state index is 10.7. The topological polar surface area (TPSA) is 79.0 Å². The van der Waals surface area contributed by atoms with E-state index < -0.39 is 4.92 Å². The largest absolute Gasteiger partial charge is 0.382 e. The van der Waals surface area contributed by atoms with Crippen molar-refractivity contribution in [3.8, 4) is 6.07 Å². The summed E-state index contributed by atoms with van der Waals surface area (Å²) in [5.41, 5.74) is 0.691. The van der Waals surface area contributed by atoms with Crippen LogP contribution in [0.2, 0.25) is 0 Å². The van der Waals surface area contributed by atoms with E-state index in [0.29, 0.717) is 5.92 Å². The van der Waals surface area contributed by atoms with Crippen molar-refractivity contribution in [2.24, 2.45) is 5.92 Å². The van der Waals surface area contributed by atoms with Gasteiger partial charge in [-0.15, -0.1) is 0 Å². The van der Waals surface area contributed by atoms with Crippen LogP contribution < -0.4 is 5.32 Å². The second kappa shape index (κ2) is 6.74. The minimum atomic E-state index is -0.535. The third kappa shape index (κ3) is 3.68. The molecule has 1 unspecified atom stereocenters. The van der Waals surface area contributed by atoms with Crippen LogP contribution in [0.1, 0.15) is 39.2 Å². The first-order valence-electron chi connectivity index (χ1n) is 6.48. The summed E-state index contributed by atoms with van der Waals surface area (Å²) in [5, 5.41) is 23.0. The standard InChI is InChI=1S/C14H19N3O2/c1-4-11(5-2)10(3)16-13-6-7-14(17(18)19)12(8-13)9-15/h6-8,10-11,16H,4-5H2,1-3H3. The molecule has 0 aliphatic carbocycles. The molecule has 0 saturated carbocycles. The Kier molecular flexibility index (Phi) is 5.31. The maximum Gasteiger partial charge on any atom is 0.287 e. The van der Waals surface area contributed by atoms with Crippen LogP contribution in [-0.2, 0) is 0 Å². The summed E-state index contributed by atoms with van der Waals surface area (Å²) in [6.45, 7) is 6.37. The fourth-order valence-electron chi connectivity index (χ4n) is 2.25. The molecule has 0 radical (unpaired) electrons. The Balaban J connectivity index is 2.92. The lowest BCUT2D eigenvalue weighted by molar-refractivity contribution is -0.385. The summed E-state index contributed by atoms with van der Waals surface area (Å²) in [6.07, 6.45) is 2.14. The lowest BCUT2D eigenvalue weighted by atomic mass is 9.95. The van der Waals surface area contributed by atoms with Gasteiger partial charge in [0.05, 0.1) is 4.92 Å². The number of hydrogen-bond acceptors (Lipinski definition) is 4. The van der Waals surface area contributed by atoms with E-state index in [0.717, 1.165) is 18.5 Å². The summed E-state index contributed by atoms with van der Waals surface area (Å²) in [4.78, 5) is 10.2. The van der Waals surface area contributed by atoms with E-state index in [4.69, 9.17) is 5.26 Å². The fourth-order valence-corrected chi connectivity index (χ4v) is 2.25. The van der Waals surface area contributed by atoms with Crippen molar-refractivity contribution >= 4 is 11.4 Å². The number of anilines is 1. The Morgan fingerprint density at radius 2 is 2.05 bits per heavy atom. The Labute approximate surface area is 113 Å². The quantitative estimate of drug-likeness (QED) is 0.625. The molecule has 1 N–H and O–H groups in total. The molecule has 0 spiro atoms. The average molecular weight is 261 g/mol. The van der Waals surface area contributed by atoms with Gasteiger partial charge in [0.25, 0.3) is 5.69 Å². The third-order valence-corrected chi connectivity index (χ3v) is 3.46. The summed E-state index contributed by atoms with van der Waals surface area (Å²) in [7, 11) is 0. The molecule has 5 nitrogen and oxygen atoms in total. The Bertz CT molecular complexity index is 490. The number of nitrogens with zero attached hydrogens (tertiary/aromatic N) is 2. The molecule has 0 saturated heterocycles. The van der Waals surface area contributed by atoms with Crippen LogP contribution >= 0.6 is 0 Å². The molecule has 1 aromatic carbocycles. The second-order valence-electron chi connectivity index (χ2n) is 4.61. The highest BCUT2D eigenvalue weighted by Crippen LogP contribution is 2.24. The molecular formula is C14H19N3O2. The lowest BCUT2D eigenvalue weighted by Crippen LogP contribution is -2.25. The minimum absolute atomic E-state index is 0.0896. The van der Waals surface area contributed by atoms with Crippen molar-refractivity contribution < 1.29 is 4.92 Å². The van der Waals surface area contributed by atoms with Crippen LogP contribution in [0.5, 0.6) is 0 Å². The van der Waals surface area contributed by atoms with Gasteiger partial charge in [-0.25, -0.2) is 0 Å². The average Bonchev–Trinajstić information content (AvgIpc) is 2.39. The van der Waals surface area contributed by atoms with E-state index >= 15 is 0 Å². The molecule has 0 heterocycles. The zero-order valence-corrected chi connectivity index (χ0v) is 11.5. The van der Waals surface area contributed by atoms with Crippen LogP contribution in [0.25, 0.3) is 0 Å². The van der Waals surface area contributed by atoms with E-state index in [9.17, 15) is 10.1 Å². The first kappa shape index (κ1) is 15.0. The van der Waals surface area contributed by atoms with E-state index in [-0.39, 0.29) is 17.3 Å². The predicted molar refractivity (Wildman–Crippen MR) is 75.0 cm³/mol. The van der Waals surface area contributed by atoms with Crippen molar-refractivity contribution in [3.63, 3.8) is 0 Å². The molecule has 0 aliphatic rings. The zero-order valence-electron chi connectivity index (χ0n) is 11.5. The SMILES string of the molecule is CCC(CC)C(C)Nc1ccc([N+](=O)[O-])c(C#N)c1. The Morgan fingerprint density at radius 1 is 1.42 bits per heavy atom. The molecule has 102 valence electrons. The molecule has 0 amide bonds. The van der Waals surface area contributed by atoms with Gasteiger partial charge in [0.2, 0.25) is 0 Å². The number of nitrogens with one attached hydrogen (secondary N) is 1. The van der Waals surface area contributed by atoms with Gasteiger partial charge < -0.3 is 5.32 Å². The molecule has 19 heavy (non-hydrogen) atoms. The number of nitro benzene ring substituents is 1. The lowest BCUT2D eigenvalue weighted by Gasteiger charge is -2.23. The Morgan fingerprint density at radius 3 is 2.53 bits per heavy atom. The van der Waals surface area contributed by atoms with E-state index in [2.05, 4.69) is 26.1 Å². The van der Waals surface area contributed by atoms with Gasteiger partial charge >= 0.3 is 0 Å². The van der Waals surface area contributed by atoms with Crippen molar-refractivity contribution in [1.82, 2.24) is 0 Å². The van der Waals surface area contributed by atoms with Gasteiger partial charge in [0.1, 0.15) is 11.6 Å². The summed E-state index contributed by atoms with van der Waals surface area (Å²) in [6, 6.07) is 6.70.